The summed E-state index contributed by atoms with van der Waals surface area (Å²) in [4.78, 5) is 4.18. The van der Waals surface area contributed by atoms with Crippen LogP contribution in [0.5, 0.6) is 0 Å². The second-order valence-corrected chi connectivity index (χ2v) is 4.25. The lowest BCUT2D eigenvalue weighted by atomic mass is 10.3. The maximum atomic E-state index is 9.60. The lowest BCUT2D eigenvalue weighted by Crippen LogP contribution is -2.12. The van der Waals surface area contributed by atoms with E-state index in [9.17, 15) is 5.11 Å². The first kappa shape index (κ1) is 10.6. The minimum atomic E-state index is -0.590. The molecule has 1 aromatic rings. The summed E-state index contributed by atoms with van der Waals surface area (Å²) in [5, 5.41) is 12.4. The van der Waals surface area contributed by atoms with Crippen LogP contribution >= 0.6 is 11.3 Å². The van der Waals surface area contributed by atoms with Gasteiger partial charge in [0.05, 0.1) is 23.4 Å². The number of aliphatic hydroxyl groups is 1. The Morgan fingerprint density at radius 1 is 1.62 bits per heavy atom. The Labute approximate surface area is 82.4 Å². The first-order chi connectivity index (χ1) is 6.09. The van der Waals surface area contributed by atoms with E-state index in [0.29, 0.717) is 12.3 Å². The molecule has 0 aliphatic heterocycles. The zero-order chi connectivity index (χ0) is 9.84. The molecular formula is C9H15NO2S. The van der Waals surface area contributed by atoms with Crippen molar-refractivity contribution in [2.45, 2.75) is 33.0 Å². The predicted molar refractivity (Wildman–Crippen MR) is 52.9 cm³/mol. The van der Waals surface area contributed by atoms with Crippen molar-refractivity contribution in [3.63, 3.8) is 0 Å². The first-order valence-electron chi connectivity index (χ1n) is 4.31. The molecule has 0 radical (unpaired) electrons. The lowest BCUT2D eigenvalue weighted by molar-refractivity contribution is 0.00347. The van der Waals surface area contributed by atoms with E-state index in [0.717, 1.165) is 5.01 Å². The molecule has 1 heterocycles. The third kappa shape index (κ3) is 3.42. The SMILES string of the molecule is Cc1nc(C(O)COC(C)C)cs1. The predicted octanol–water partition coefficient (Wildman–Crippen LogP) is 1.91. The Morgan fingerprint density at radius 2 is 2.31 bits per heavy atom. The summed E-state index contributed by atoms with van der Waals surface area (Å²) in [6.07, 6.45) is -0.443. The van der Waals surface area contributed by atoms with Crippen molar-refractivity contribution < 1.29 is 9.84 Å². The molecule has 1 aromatic heterocycles. The van der Waals surface area contributed by atoms with Gasteiger partial charge >= 0.3 is 0 Å². The molecule has 0 saturated heterocycles. The van der Waals surface area contributed by atoms with Gasteiger partial charge in [0, 0.05) is 5.38 Å². The van der Waals surface area contributed by atoms with Crippen LogP contribution in [-0.4, -0.2) is 22.8 Å². The molecule has 74 valence electrons. The van der Waals surface area contributed by atoms with Crippen LogP contribution in [0.3, 0.4) is 0 Å². The van der Waals surface area contributed by atoms with E-state index >= 15 is 0 Å². The maximum Gasteiger partial charge on any atom is 0.120 e. The van der Waals surface area contributed by atoms with Gasteiger partial charge in [-0.15, -0.1) is 11.3 Å². The van der Waals surface area contributed by atoms with Gasteiger partial charge in [-0.2, -0.15) is 0 Å². The molecule has 0 saturated carbocycles. The van der Waals surface area contributed by atoms with Crippen molar-refractivity contribution in [3.8, 4) is 0 Å². The van der Waals surface area contributed by atoms with Gasteiger partial charge in [0.1, 0.15) is 6.10 Å². The van der Waals surface area contributed by atoms with Gasteiger partial charge in [0.25, 0.3) is 0 Å². The minimum Gasteiger partial charge on any atom is -0.384 e. The molecule has 1 atom stereocenters. The van der Waals surface area contributed by atoms with Crippen LogP contribution in [0.1, 0.15) is 30.7 Å². The van der Waals surface area contributed by atoms with Crippen molar-refractivity contribution in [2.75, 3.05) is 6.61 Å². The van der Waals surface area contributed by atoms with E-state index in [4.69, 9.17) is 4.74 Å². The number of aromatic nitrogens is 1. The molecule has 0 spiro atoms. The van der Waals surface area contributed by atoms with E-state index < -0.39 is 6.10 Å². The molecule has 1 N–H and O–H groups in total. The Balaban J connectivity index is 2.44. The summed E-state index contributed by atoms with van der Waals surface area (Å²) in [6.45, 7) is 6.13. The highest BCUT2D eigenvalue weighted by Gasteiger charge is 2.11. The van der Waals surface area contributed by atoms with Crippen LogP contribution in [0.25, 0.3) is 0 Å². The minimum absolute atomic E-state index is 0.148. The smallest absolute Gasteiger partial charge is 0.120 e. The summed E-state index contributed by atoms with van der Waals surface area (Å²) in [6, 6.07) is 0. The van der Waals surface area contributed by atoms with Crippen molar-refractivity contribution >= 4 is 11.3 Å². The quantitative estimate of drug-likeness (QED) is 0.809. The van der Waals surface area contributed by atoms with Gasteiger partial charge in [-0.25, -0.2) is 4.98 Å². The van der Waals surface area contributed by atoms with Crippen LogP contribution in [0, 0.1) is 6.92 Å². The van der Waals surface area contributed by atoms with E-state index in [1.807, 2.05) is 26.2 Å². The van der Waals surface area contributed by atoms with Crippen LogP contribution < -0.4 is 0 Å². The number of hydrogen-bond acceptors (Lipinski definition) is 4. The molecule has 13 heavy (non-hydrogen) atoms. The number of aryl methyl sites for hydroxylation is 1. The third-order valence-electron chi connectivity index (χ3n) is 1.57. The Morgan fingerprint density at radius 3 is 2.77 bits per heavy atom. The summed E-state index contributed by atoms with van der Waals surface area (Å²) in [5.41, 5.74) is 0.711. The molecule has 1 unspecified atom stereocenters. The lowest BCUT2D eigenvalue weighted by Gasteiger charge is -2.11. The van der Waals surface area contributed by atoms with Crippen molar-refractivity contribution in [1.82, 2.24) is 4.98 Å². The molecule has 4 heteroatoms. The van der Waals surface area contributed by atoms with E-state index in [1.54, 1.807) is 11.3 Å². The van der Waals surface area contributed by atoms with E-state index in [2.05, 4.69) is 4.98 Å². The van der Waals surface area contributed by atoms with Gasteiger partial charge in [-0.3, -0.25) is 0 Å². The zero-order valence-electron chi connectivity index (χ0n) is 8.15. The normalized spacial score (nSPS) is 13.6. The summed E-state index contributed by atoms with van der Waals surface area (Å²) in [7, 11) is 0. The second kappa shape index (κ2) is 4.69. The van der Waals surface area contributed by atoms with Crippen LogP contribution in [-0.2, 0) is 4.74 Å². The van der Waals surface area contributed by atoms with Crippen LogP contribution in [0.15, 0.2) is 5.38 Å². The Hall–Kier alpha value is -0.450. The standard InChI is InChI=1S/C9H15NO2S/c1-6(2)12-4-9(11)8-5-13-7(3)10-8/h5-6,9,11H,4H2,1-3H3. The first-order valence-corrected chi connectivity index (χ1v) is 5.19. The monoisotopic (exact) mass is 201 g/mol. The average Bonchev–Trinajstić information content (AvgIpc) is 2.47. The highest BCUT2D eigenvalue weighted by Crippen LogP contribution is 2.16. The fourth-order valence-corrected chi connectivity index (χ4v) is 1.56. The summed E-state index contributed by atoms with van der Waals surface area (Å²) < 4.78 is 5.28. The maximum absolute atomic E-state index is 9.60. The fraction of sp³-hybridized carbons (Fsp3) is 0.667. The molecule has 1 rings (SSSR count). The summed E-state index contributed by atoms with van der Waals surface area (Å²) in [5.74, 6) is 0. The van der Waals surface area contributed by atoms with Crippen LogP contribution in [0.2, 0.25) is 0 Å². The van der Waals surface area contributed by atoms with E-state index in [1.165, 1.54) is 0 Å². The largest absolute Gasteiger partial charge is 0.384 e. The molecular weight excluding hydrogens is 186 g/mol. The third-order valence-corrected chi connectivity index (χ3v) is 2.36. The fourth-order valence-electron chi connectivity index (χ4n) is 0.902. The topological polar surface area (TPSA) is 42.4 Å². The second-order valence-electron chi connectivity index (χ2n) is 3.19. The highest BCUT2D eigenvalue weighted by molar-refractivity contribution is 7.09. The molecule has 0 bridgehead atoms. The number of ether oxygens (including phenoxy) is 1. The van der Waals surface area contributed by atoms with Gasteiger partial charge in [-0.05, 0) is 20.8 Å². The Bertz CT molecular complexity index is 260. The number of aliphatic hydroxyl groups excluding tert-OH is 1. The number of hydrogen-bond donors (Lipinski definition) is 1. The van der Waals surface area contributed by atoms with Gasteiger partial charge in [0.2, 0.25) is 0 Å². The van der Waals surface area contributed by atoms with Gasteiger partial charge in [-0.1, -0.05) is 0 Å². The molecule has 0 aliphatic rings. The number of thiazole rings is 1. The van der Waals surface area contributed by atoms with Crippen molar-refractivity contribution in [2.24, 2.45) is 0 Å². The molecule has 0 amide bonds. The highest BCUT2D eigenvalue weighted by atomic mass is 32.1. The Kier molecular flexibility index (Phi) is 3.84. The average molecular weight is 201 g/mol. The van der Waals surface area contributed by atoms with Crippen molar-refractivity contribution in [3.05, 3.63) is 16.1 Å². The summed E-state index contributed by atoms with van der Waals surface area (Å²) >= 11 is 1.54. The zero-order valence-corrected chi connectivity index (χ0v) is 8.97. The molecule has 0 aliphatic carbocycles. The molecule has 0 fully saturated rings. The van der Waals surface area contributed by atoms with Crippen LogP contribution in [0.4, 0.5) is 0 Å². The van der Waals surface area contributed by atoms with E-state index in [-0.39, 0.29) is 6.10 Å². The molecule has 0 aromatic carbocycles. The molecule has 3 nitrogen and oxygen atoms in total. The number of rotatable bonds is 4. The number of nitrogens with zero attached hydrogens (tertiary/aromatic N) is 1. The van der Waals surface area contributed by atoms with Gasteiger partial charge < -0.3 is 9.84 Å². The van der Waals surface area contributed by atoms with Crippen molar-refractivity contribution in [1.29, 1.82) is 0 Å². The van der Waals surface area contributed by atoms with Gasteiger partial charge in [0.15, 0.2) is 0 Å².